The van der Waals surface area contributed by atoms with E-state index in [4.69, 9.17) is 0 Å². The van der Waals surface area contributed by atoms with E-state index in [1.807, 2.05) is 0 Å². The zero-order valence-corrected chi connectivity index (χ0v) is 22.7. The van der Waals surface area contributed by atoms with Gasteiger partial charge in [0.15, 0.2) is 0 Å². The Bertz CT molecular complexity index is 2000. The molecule has 0 N–H and O–H groups in total. The second-order valence-corrected chi connectivity index (χ2v) is 10.6. The Labute approximate surface area is 235 Å². The minimum atomic E-state index is 1.03. The Balaban J connectivity index is 1.50. The van der Waals surface area contributed by atoms with Crippen molar-refractivity contribution in [3.05, 3.63) is 151 Å². The molecule has 6 aromatic carbocycles. The summed E-state index contributed by atoms with van der Waals surface area (Å²) >= 11 is 0. The standard InChI is InChI=1S/C39H29N/c1-26-19-32(20-27(2)40-26)34-22-33(30-15-10-14-29(21-30)28-11-4-3-5-12-28)23-35(24-34)39-25-31-13-6-7-16-36(31)37-17-8-9-18-38(37)39/h3-25H,1-2H3. The third-order valence-corrected chi connectivity index (χ3v) is 7.73. The van der Waals surface area contributed by atoms with Gasteiger partial charge in [-0.3, -0.25) is 4.98 Å². The van der Waals surface area contributed by atoms with Crippen molar-refractivity contribution in [1.82, 2.24) is 4.98 Å². The lowest BCUT2D eigenvalue weighted by Crippen LogP contribution is -1.91. The minimum absolute atomic E-state index is 1.03. The van der Waals surface area contributed by atoms with E-state index in [9.17, 15) is 0 Å². The smallest absolute Gasteiger partial charge is 0.0382 e. The van der Waals surface area contributed by atoms with Crippen LogP contribution in [0.3, 0.4) is 0 Å². The van der Waals surface area contributed by atoms with Crippen LogP contribution in [0.2, 0.25) is 0 Å². The summed E-state index contributed by atoms with van der Waals surface area (Å²) in [6, 6.07) is 50.7. The van der Waals surface area contributed by atoms with Crippen molar-refractivity contribution >= 4 is 21.5 Å². The average molecular weight is 512 g/mol. The number of fused-ring (bicyclic) bond motifs is 3. The van der Waals surface area contributed by atoms with Crippen molar-refractivity contribution in [2.24, 2.45) is 0 Å². The maximum absolute atomic E-state index is 4.64. The van der Waals surface area contributed by atoms with E-state index < -0.39 is 0 Å². The van der Waals surface area contributed by atoms with Gasteiger partial charge in [0.1, 0.15) is 0 Å². The number of hydrogen-bond donors (Lipinski definition) is 0. The Kier molecular flexibility index (Phi) is 5.98. The van der Waals surface area contributed by atoms with Crippen LogP contribution in [0.25, 0.3) is 66.1 Å². The first-order valence-electron chi connectivity index (χ1n) is 13.8. The predicted molar refractivity (Wildman–Crippen MR) is 170 cm³/mol. The maximum atomic E-state index is 4.64. The molecule has 0 unspecified atom stereocenters. The van der Waals surface area contributed by atoms with Gasteiger partial charge in [0.05, 0.1) is 0 Å². The fraction of sp³-hybridized carbons (Fsp3) is 0.0513. The van der Waals surface area contributed by atoms with Crippen LogP contribution in [0.4, 0.5) is 0 Å². The van der Waals surface area contributed by atoms with Crippen molar-refractivity contribution in [3.63, 3.8) is 0 Å². The third kappa shape index (κ3) is 4.46. The number of pyridine rings is 1. The first-order valence-corrected chi connectivity index (χ1v) is 13.8. The van der Waals surface area contributed by atoms with Crippen LogP contribution in [0.5, 0.6) is 0 Å². The molecule has 0 aliphatic rings. The Hall–Kier alpha value is -5.01. The molecule has 0 atom stereocenters. The molecule has 1 heterocycles. The van der Waals surface area contributed by atoms with Crippen LogP contribution < -0.4 is 0 Å². The average Bonchev–Trinajstić information content (AvgIpc) is 3.00. The summed E-state index contributed by atoms with van der Waals surface area (Å²) in [4.78, 5) is 4.64. The number of aromatic nitrogens is 1. The van der Waals surface area contributed by atoms with Gasteiger partial charge in [-0.05, 0) is 122 Å². The van der Waals surface area contributed by atoms with Crippen LogP contribution in [0, 0.1) is 13.8 Å². The highest BCUT2D eigenvalue weighted by molar-refractivity contribution is 6.14. The quantitative estimate of drug-likeness (QED) is 0.214. The van der Waals surface area contributed by atoms with E-state index in [1.54, 1.807) is 0 Å². The Morgan fingerprint density at radius 3 is 1.60 bits per heavy atom. The monoisotopic (exact) mass is 511 g/mol. The molecule has 0 radical (unpaired) electrons. The molecule has 0 fully saturated rings. The normalized spacial score (nSPS) is 11.2. The summed E-state index contributed by atoms with van der Waals surface area (Å²) in [5.41, 5.74) is 11.8. The molecular formula is C39H29N. The van der Waals surface area contributed by atoms with Crippen LogP contribution in [0.1, 0.15) is 11.4 Å². The molecule has 190 valence electrons. The van der Waals surface area contributed by atoms with Crippen LogP contribution in [-0.2, 0) is 0 Å². The van der Waals surface area contributed by atoms with Gasteiger partial charge in [-0.1, -0.05) is 97.1 Å². The van der Waals surface area contributed by atoms with E-state index in [0.29, 0.717) is 0 Å². The fourth-order valence-corrected chi connectivity index (χ4v) is 5.92. The zero-order valence-electron chi connectivity index (χ0n) is 22.7. The van der Waals surface area contributed by atoms with Gasteiger partial charge < -0.3 is 0 Å². The van der Waals surface area contributed by atoms with Crippen LogP contribution in [-0.4, -0.2) is 4.98 Å². The summed E-state index contributed by atoms with van der Waals surface area (Å²) in [5.74, 6) is 0. The third-order valence-electron chi connectivity index (χ3n) is 7.73. The molecule has 0 saturated carbocycles. The summed E-state index contributed by atoms with van der Waals surface area (Å²) in [6.45, 7) is 4.14. The predicted octanol–water partition coefficient (Wildman–Crippen LogP) is 10.7. The summed E-state index contributed by atoms with van der Waals surface area (Å²) in [5, 5.41) is 5.09. The molecule has 0 bridgehead atoms. The molecule has 0 amide bonds. The van der Waals surface area contributed by atoms with E-state index in [-0.39, 0.29) is 0 Å². The Morgan fingerprint density at radius 1 is 0.350 bits per heavy atom. The van der Waals surface area contributed by atoms with Crippen molar-refractivity contribution in [2.75, 3.05) is 0 Å². The topological polar surface area (TPSA) is 12.9 Å². The van der Waals surface area contributed by atoms with E-state index in [1.165, 1.54) is 66.1 Å². The number of rotatable bonds is 4. The number of nitrogens with zero attached hydrogens (tertiary/aromatic N) is 1. The van der Waals surface area contributed by atoms with Gasteiger partial charge in [-0.25, -0.2) is 0 Å². The highest BCUT2D eigenvalue weighted by Crippen LogP contribution is 2.39. The summed E-state index contributed by atoms with van der Waals surface area (Å²) in [7, 11) is 0. The van der Waals surface area contributed by atoms with Gasteiger partial charge >= 0.3 is 0 Å². The Morgan fingerprint density at radius 2 is 0.850 bits per heavy atom. The lowest BCUT2D eigenvalue weighted by atomic mass is 9.89. The van der Waals surface area contributed by atoms with Crippen molar-refractivity contribution in [2.45, 2.75) is 13.8 Å². The van der Waals surface area contributed by atoms with Gasteiger partial charge in [-0.15, -0.1) is 0 Å². The van der Waals surface area contributed by atoms with Gasteiger partial charge in [0.25, 0.3) is 0 Å². The molecule has 1 nitrogen and oxygen atoms in total. The van der Waals surface area contributed by atoms with E-state index in [2.05, 4.69) is 158 Å². The van der Waals surface area contributed by atoms with Crippen molar-refractivity contribution in [3.8, 4) is 44.5 Å². The first kappa shape index (κ1) is 24.1. The zero-order chi connectivity index (χ0) is 27.1. The minimum Gasteiger partial charge on any atom is -0.258 e. The highest BCUT2D eigenvalue weighted by Gasteiger charge is 2.13. The SMILES string of the molecule is Cc1cc(-c2cc(-c3cccc(-c4ccccc4)c3)cc(-c3cc4ccccc4c4ccccc34)c2)cc(C)n1. The lowest BCUT2D eigenvalue weighted by Gasteiger charge is -2.15. The molecule has 0 spiro atoms. The second kappa shape index (κ2) is 9.94. The molecule has 0 aliphatic carbocycles. The molecule has 7 aromatic rings. The van der Waals surface area contributed by atoms with Gasteiger partial charge in [-0.2, -0.15) is 0 Å². The van der Waals surface area contributed by atoms with Crippen molar-refractivity contribution < 1.29 is 0 Å². The molecule has 7 rings (SSSR count). The molecule has 1 heteroatoms. The number of aryl methyl sites for hydroxylation is 2. The fourth-order valence-electron chi connectivity index (χ4n) is 5.92. The van der Waals surface area contributed by atoms with Gasteiger partial charge in [0, 0.05) is 11.4 Å². The summed E-state index contributed by atoms with van der Waals surface area (Å²) in [6.07, 6.45) is 0. The number of hydrogen-bond acceptors (Lipinski definition) is 1. The maximum Gasteiger partial charge on any atom is 0.0382 e. The number of benzene rings is 6. The second-order valence-electron chi connectivity index (χ2n) is 10.6. The molecule has 0 saturated heterocycles. The lowest BCUT2D eigenvalue weighted by molar-refractivity contribution is 1.12. The highest BCUT2D eigenvalue weighted by atomic mass is 14.7. The first-order chi connectivity index (χ1) is 19.6. The summed E-state index contributed by atoms with van der Waals surface area (Å²) < 4.78 is 0. The van der Waals surface area contributed by atoms with E-state index in [0.717, 1.165) is 11.4 Å². The van der Waals surface area contributed by atoms with Crippen LogP contribution >= 0.6 is 0 Å². The van der Waals surface area contributed by atoms with Crippen molar-refractivity contribution in [1.29, 1.82) is 0 Å². The molecule has 1 aromatic heterocycles. The van der Waals surface area contributed by atoms with Gasteiger partial charge in [0.2, 0.25) is 0 Å². The molecule has 0 aliphatic heterocycles. The largest absolute Gasteiger partial charge is 0.258 e. The molecule has 40 heavy (non-hydrogen) atoms. The van der Waals surface area contributed by atoms with E-state index >= 15 is 0 Å². The molecular weight excluding hydrogens is 482 g/mol. The van der Waals surface area contributed by atoms with Crippen LogP contribution in [0.15, 0.2) is 140 Å².